The van der Waals surface area contributed by atoms with Gasteiger partial charge in [-0.1, -0.05) is 24.3 Å². The maximum Gasteiger partial charge on any atom is 0.243 e. The summed E-state index contributed by atoms with van der Waals surface area (Å²) in [6.45, 7) is 5.03. The van der Waals surface area contributed by atoms with Gasteiger partial charge in [0.1, 0.15) is 0 Å². The van der Waals surface area contributed by atoms with Crippen molar-refractivity contribution < 1.29 is 17.9 Å². The van der Waals surface area contributed by atoms with Crippen molar-refractivity contribution >= 4 is 10.0 Å². The fraction of sp³-hybridized carbons (Fsp3) is 0.318. The van der Waals surface area contributed by atoms with Crippen LogP contribution < -0.4 is 9.47 Å². The summed E-state index contributed by atoms with van der Waals surface area (Å²) in [6.07, 6.45) is 1.90. The van der Waals surface area contributed by atoms with Crippen LogP contribution in [0.25, 0.3) is 0 Å². The van der Waals surface area contributed by atoms with E-state index in [4.69, 9.17) is 9.47 Å². The Labute approximate surface area is 177 Å². The second kappa shape index (κ2) is 9.32. The van der Waals surface area contributed by atoms with E-state index < -0.39 is 10.0 Å². The molecular formula is C22H27N3O4S. The van der Waals surface area contributed by atoms with Crippen molar-refractivity contribution in [3.8, 4) is 11.5 Å². The lowest BCUT2D eigenvalue weighted by molar-refractivity contribution is 0.352. The van der Waals surface area contributed by atoms with Crippen LogP contribution in [0.4, 0.5) is 0 Å². The second-order valence-corrected chi connectivity index (χ2v) is 8.81. The lowest BCUT2D eigenvalue weighted by Crippen LogP contribution is -2.30. The van der Waals surface area contributed by atoms with E-state index in [0.29, 0.717) is 11.5 Å². The summed E-state index contributed by atoms with van der Waals surface area (Å²) in [4.78, 5) is 0.256. The number of rotatable bonds is 9. The van der Waals surface area contributed by atoms with Crippen molar-refractivity contribution in [3.05, 3.63) is 71.5 Å². The maximum atomic E-state index is 13.4. The van der Waals surface area contributed by atoms with E-state index in [-0.39, 0.29) is 18.0 Å². The highest BCUT2D eigenvalue weighted by Crippen LogP contribution is 2.29. The molecule has 1 heterocycles. The van der Waals surface area contributed by atoms with Crippen LogP contribution in [0.5, 0.6) is 11.5 Å². The van der Waals surface area contributed by atoms with Gasteiger partial charge in [-0.15, -0.1) is 0 Å². The summed E-state index contributed by atoms with van der Waals surface area (Å²) in [5, 5.41) is 4.45. The Balaban J connectivity index is 2.00. The molecule has 0 spiro atoms. The van der Waals surface area contributed by atoms with Crippen LogP contribution in [-0.4, -0.2) is 36.7 Å². The summed E-state index contributed by atoms with van der Waals surface area (Å²) >= 11 is 0. The van der Waals surface area contributed by atoms with Crippen molar-refractivity contribution in [1.82, 2.24) is 14.1 Å². The van der Waals surface area contributed by atoms with Gasteiger partial charge in [0.2, 0.25) is 10.0 Å². The SMILES string of the molecule is CCn1cc(CN(Cc2ccc(OC)c(OC)c2)S(=O)(=O)c2ccccc2)c(C)n1. The van der Waals surface area contributed by atoms with Gasteiger partial charge in [-0.2, -0.15) is 9.40 Å². The fourth-order valence-corrected chi connectivity index (χ4v) is 4.64. The van der Waals surface area contributed by atoms with E-state index in [9.17, 15) is 8.42 Å². The first-order chi connectivity index (χ1) is 14.4. The number of ether oxygens (including phenoxy) is 2. The monoisotopic (exact) mass is 429 g/mol. The number of aryl methyl sites for hydroxylation is 2. The van der Waals surface area contributed by atoms with E-state index in [0.717, 1.165) is 23.4 Å². The van der Waals surface area contributed by atoms with Crippen LogP contribution in [0.3, 0.4) is 0 Å². The van der Waals surface area contributed by atoms with Crippen LogP contribution in [0.15, 0.2) is 59.6 Å². The van der Waals surface area contributed by atoms with Crippen molar-refractivity contribution in [2.24, 2.45) is 0 Å². The Kier molecular flexibility index (Phi) is 6.79. The highest BCUT2D eigenvalue weighted by molar-refractivity contribution is 7.89. The minimum absolute atomic E-state index is 0.189. The van der Waals surface area contributed by atoms with E-state index in [1.165, 1.54) is 4.31 Å². The standard InChI is InChI=1S/C22H27N3O4S/c1-5-24-15-19(17(2)23-24)16-25(30(26,27)20-9-7-6-8-10-20)14-18-11-12-21(28-3)22(13-18)29-4/h6-13,15H,5,14,16H2,1-4H3. The first kappa shape index (κ1) is 21.9. The molecule has 0 aliphatic heterocycles. The Bertz CT molecular complexity index is 1090. The highest BCUT2D eigenvalue weighted by atomic mass is 32.2. The lowest BCUT2D eigenvalue weighted by atomic mass is 10.2. The van der Waals surface area contributed by atoms with Gasteiger partial charge in [-0.3, -0.25) is 4.68 Å². The minimum Gasteiger partial charge on any atom is -0.493 e. The summed E-state index contributed by atoms with van der Waals surface area (Å²) in [5.41, 5.74) is 2.49. The highest BCUT2D eigenvalue weighted by Gasteiger charge is 2.26. The summed E-state index contributed by atoms with van der Waals surface area (Å²) < 4.78 is 40.8. The zero-order valence-electron chi connectivity index (χ0n) is 17.7. The molecule has 0 N–H and O–H groups in total. The van der Waals surface area contributed by atoms with Gasteiger partial charge in [0.15, 0.2) is 11.5 Å². The van der Waals surface area contributed by atoms with Gasteiger partial charge in [-0.25, -0.2) is 8.42 Å². The van der Waals surface area contributed by atoms with Crippen molar-refractivity contribution in [3.63, 3.8) is 0 Å². The van der Waals surface area contributed by atoms with Crippen LogP contribution in [-0.2, 0) is 29.7 Å². The molecule has 0 fully saturated rings. The molecule has 0 radical (unpaired) electrons. The van der Waals surface area contributed by atoms with Crippen LogP contribution in [0.2, 0.25) is 0 Å². The number of aromatic nitrogens is 2. The number of hydrogen-bond donors (Lipinski definition) is 0. The van der Waals surface area contributed by atoms with Crippen LogP contribution in [0.1, 0.15) is 23.7 Å². The normalized spacial score (nSPS) is 11.6. The third-order valence-corrected chi connectivity index (χ3v) is 6.71. The molecule has 0 aliphatic rings. The molecule has 1 aromatic heterocycles. The molecular weight excluding hydrogens is 402 g/mol. The van der Waals surface area contributed by atoms with Crippen LogP contribution >= 0.6 is 0 Å². The third kappa shape index (κ3) is 4.66. The van der Waals surface area contributed by atoms with Gasteiger partial charge in [0, 0.05) is 31.4 Å². The maximum absolute atomic E-state index is 13.4. The molecule has 2 aromatic carbocycles. The minimum atomic E-state index is -3.72. The van der Waals surface area contributed by atoms with Crippen molar-refractivity contribution in [2.75, 3.05) is 14.2 Å². The lowest BCUT2D eigenvalue weighted by Gasteiger charge is -2.23. The van der Waals surface area contributed by atoms with Gasteiger partial charge in [0.25, 0.3) is 0 Å². The quantitative estimate of drug-likeness (QED) is 0.519. The predicted molar refractivity (Wildman–Crippen MR) is 115 cm³/mol. The van der Waals surface area contributed by atoms with E-state index in [1.54, 1.807) is 56.7 Å². The predicted octanol–water partition coefficient (Wildman–Crippen LogP) is 3.62. The molecule has 30 heavy (non-hydrogen) atoms. The second-order valence-electron chi connectivity index (χ2n) is 6.87. The number of nitrogens with zero attached hydrogens (tertiary/aromatic N) is 3. The van der Waals surface area contributed by atoms with Crippen molar-refractivity contribution in [1.29, 1.82) is 0 Å². The number of sulfonamides is 1. The van der Waals surface area contributed by atoms with Crippen molar-refractivity contribution in [2.45, 2.75) is 38.4 Å². The molecule has 3 rings (SSSR count). The van der Waals surface area contributed by atoms with Gasteiger partial charge < -0.3 is 9.47 Å². The van der Waals surface area contributed by atoms with E-state index in [2.05, 4.69) is 5.10 Å². The van der Waals surface area contributed by atoms with Gasteiger partial charge in [0.05, 0.1) is 24.8 Å². The topological polar surface area (TPSA) is 73.7 Å². The Morgan fingerprint density at radius 3 is 2.30 bits per heavy atom. The molecule has 0 aliphatic carbocycles. The molecule has 8 heteroatoms. The average molecular weight is 430 g/mol. The number of benzene rings is 2. The fourth-order valence-electron chi connectivity index (χ4n) is 3.22. The Hall–Kier alpha value is -2.84. The molecule has 0 unspecified atom stereocenters. The van der Waals surface area contributed by atoms with Gasteiger partial charge >= 0.3 is 0 Å². The zero-order chi connectivity index (χ0) is 21.7. The number of methoxy groups -OCH3 is 2. The smallest absolute Gasteiger partial charge is 0.243 e. The average Bonchev–Trinajstić information content (AvgIpc) is 3.13. The summed E-state index contributed by atoms with van der Waals surface area (Å²) in [5.74, 6) is 1.15. The first-order valence-corrected chi connectivity index (χ1v) is 11.1. The number of hydrogen-bond acceptors (Lipinski definition) is 5. The molecule has 0 saturated carbocycles. The Morgan fingerprint density at radius 2 is 1.70 bits per heavy atom. The molecule has 0 atom stereocenters. The first-order valence-electron chi connectivity index (χ1n) is 9.68. The molecule has 160 valence electrons. The van der Waals surface area contributed by atoms with Crippen LogP contribution in [0, 0.1) is 6.92 Å². The Morgan fingerprint density at radius 1 is 1.00 bits per heavy atom. The largest absolute Gasteiger partial charge is 0.493 e. The molecule has 3 aromatic rings. The van der Waals surface area contributed by atoms with Gasteiger partial charge in [-0.05, 0) is 43.7 Å². The third-order valence-electron chi connectivity index (χ3n) is 4.91. The van der Waals surface area contributed by atoms with E-state index >= 15 is 0 Å². The molecule has 7 nitrogen and oxygen atoms in total. The zero-order valence-corrected chi connectivity index (χ0v) is 18.5. The summed E-state index contributed by atoms with van der Waals surface area (Å²) in [7, 11) is -0.597. The molecule has 0 saturated heterocycles. The molecule has 0 amide bonds. The summed E-state index contributed by atoms with van der Waals surface area (Å²) in [6, 6.07) is 13.9. The van der Waals surface area contributed by atoms with E-state index in [1.807, 2.05) is 30.8 Å². The molecule has 0 bridgehead atoms.